The van der Waals surface area contributed by atoms with E-state index in [0.29, 0.717) is 50.0 Å². The summed E-state index contributed by atoms with van der Waals surface area (Å²) in [6, 6.07) is 11.2. The van der Waals surface area contributed by atoms with E-state index in [1.807, 2.05) is 0 Å². The third-order valence-corrected chi connectivity index (χ3v) is 6.80. The smallest absolute Gasteiger partial charge is 0.255 e. The van der Waals surface area contributed by atoms with Crippen LogP contribution in [0.2, 0.25) is 0 Å². The van der Waals surface area contributed by atoms with Gasteiger partial charge in [-0.25, -0.2) is 8.42 Å². The van der Waals surface area contributed by atoms with Crippen molar-refractivity contribution < 1.29 is 27.4 Å². The highest BCUT2D eigenvalue weighted by Crippen LogP contribution is 2.30. The molecule has 1 N–H and O–H groups in total. The zero-order chi connectivity index (χ0) is 22.3. The van der Waals surface area contributed by atoms with Gasteiger partial charge in [-0.2, -0.15) is 4.31 Å². The van der Waals surface area contributed by atoms with E-state index in [4.69, 9.17) is 14.2 Å². The summed E-state index contributed by atoms with van der Waals surface area (Å²) in [7, 11) is -2.23. The number of unbranched alkanes of at least 4 members (excludes halogenated alkanes) is 1. The predicted octanol–water partition coefficient (Wildman–Crippen LogP) is 3.15. The van der Waals surface area contributed by atoms with Crippen LogP contribution in [-0.2, 0) is 14.8 Å². The number of hydrogen-bond acceptors (Lipinski definition) is 6. The van der Waals surface area contributed by atoms with Crippen molar-refractivity contribution in [3.8, 4) is 11.5 Å². The summed E-state index contributed by atoms with van der Waals surface area (Å²) in [5, 5.41) is 2.75. The summed E-state index contributed by atoms with van der Waals surface area (Å²) in [6.45, 7) is 4.02. The van der Waals surface area contributed by atoms with Crippen LogP contribution in [-0.4, -0.2) is 58.7 Å². The average molecular weight is 449 g/mol. The maximum atomic E-state index is 12.9. The maximum Gasteiger partial charge on any atom is 0.255 e. The Balaban J connectivity index is 1.77. The first-order valence-electron chi connectivity index (χ1n) is 10.3. The Morgan fingerprint density at radius 2 is 1.84 bits per heavy atom. The van der Waals surface area contributed by atoms with Crippen molar-refractivity contribution in [2.24, 2.45) is 0 Å². The first-order chi connectivity index (χ1) is 15.0. The second-order valence-electron chi connectivity index (χ2n) is 7.06. The van der Waals surface area contributed by atoms with Crippen LogP contribution < -0.4 is 14.8 Å². The number of methoxy groups -OCH3 is 1. The summed E-state index contributed by atoms with van der Waals surface area (Å²) < 4.78 is 43.4. The molecule has 1 amide bonds. The molecule has 1 heterocycles. The predicted molar refractivity (Wildman–Crippen MR) is 117 cm³/mol. The van der Waals surface area contributed by atoms with Gasteiger partial charge in [-0.05, 0) is 48.9 Å². The molecule has 0 spiro atoms. The molecular weight excluding hydrogens is 420 g/mol. The Hall–Kier alpha value is -2.62. The van der Waals surface area contributed by atoms with E-state index in [-0.39, 0.29) is 16.5 Å². The van der Waals surface area contributed by atoms with E-state index in [1.165, 1.54) is 29.6 Å². The van der Waals surface area contributed by atoms with Crippen molar-refractivity contribution >= 4 is 21.6 Å². The van der Waals surface area contributed by atoms with Crippen molar-refractivity contribution in [2.45, 2.75) is 24.7 Å². The van der Waals surface area contributed by atoms with E-state index >= 15 is 0 Å². The van der Waals surface area contributed by atoms with E-state index in [2.05, 4.69) is 12.2 Å². The number of nitrogens with one attached hydrogen (secondary N) is 1. The van der Waals surface area contributed by atoms with E-state index in [9.17, 15) is 13.2 Å². The third kappa shape index (κ3) is 5.75. The van der Waals surface area contributed by atoms with E-state index < -0.39 is 10.0 Å². The summed E-state index contributed by atoms with van der Waals surface area (Å²) in [5.41, 5.74) is 0.705. The van der Waals surface area contributed by atoms with Gasteiger partial charge in [0.15, 0.2) is 0 Å². The molecule has 9 heteroatoms. The number of rotatable bonds is 9. The number of carbonyl (C=O) groups excluding carboxylic acids is 1. The molecule has 0 aromatic heterocycles. The van der Waals surface area contributed by atoms with Gasteiger partial charge in [0, 0.05) is 18.7 Å². The SMILES string of the molecule is CCCCOc1ccc(C(=O)Nc2cc(S(=O)(=O)N3CCOCC3)ccc2OC)cc1. The van der Waals surface area contributed by atoms with Gasteiger partial charge in [-0.3, -0.25) is 4.79 Å². The average Bonchev–Trinajstić information content (AvgIpc) is 2.80. The van der Waals surface area contributed by atoms with Crippen LogP contribution in [0.5, 0.6) is 11.5 Å². The van der Waals surface area contributed by atoms with Gasteiger partial charge in [-0.1, -0.05) is 13.3 Å². The molecule has 168 valence electrons. The van der Waals surface area contributed by atoms with Crippen LogP contribution >= 0.6 is 0 Å². The van der Waals surface area contributed by atoms with Gasteiger partial charge in [0.25, 0.3) is 5.91 Å². The van der Waals surface area contributed by atoms with E-state index in [1.54, 1.807) is 24.3 Å². The van der Waals surface area contributed by atoms with Crippen LogP contribution in [0.25, 0.3) is 0 Å². The zero-order valence-electron chi connectivity index (χ0n) is 17.8. The Morgan fingerprint density at radius 3 is 2.48 bits per heavy atom. The van der Waals surface area contributed by atoms with Crippen molar-refractivity contribution in [1.82, 2.24) is 4.31 Å². The molecule has 0 aliphatic carbocycles. The highest BCUT2D eigenvalue weighted by Gasteiger charge is 2.27. The highest BCUT2D eigenvalue weighted by atomic mass is 32.2. The minimum Gasteiger partial charge on any atom is -0.495 e. The molecule has 1 saturated heterocycles. The minimum absolute atomic E-state index is 0.0881. The van der Waals surface area contributed by atoms with Gasteiger partial charge in [0.05, 0.1) is 37.5 Å². The van der Waals surface area contributed by atoms with Crippen LogP contribution in [0.4, 0.5) is 5.69 Å². The Bertz CT molecular complexity index is 986. The number of morpholine rings is 1. The first kappa shape index (κ1) is 23.1. The first-order valence-corrected chi connectivity index (χ1v) is 11.7. The number of hydrogen-bond donors (Lipinski definition) is 1. The standard InChI is InChI=1S/C22H28N2O6S/c1-3-4-13-30-18-7-5-17(6-8-18)22(25)23-20-16-19(9-10-21(20)28-2)31(26,27)24-11-14-29-15-12-24/h5-10,16H,3-4,11-15H2,1-2H3,(H,23,25). The van der Waals surface area contributed by atoms with E-state index in [0.717, 1.165) is 12.8 Å². The number of ether oxygens (including phenoxy) is 3. The topological polar surface area (TPSA) is 94.2 Å². The third-order valence-electron chi connectivity index (χ3n) is 4.91. The zero-order valence-corrected chi connectivity index (χ0v) is 18.6. The minimum atomic E-state index is -3.70. The van der Waals surface area contributed by atoms with Crippen LogP contribution in [0.1, 0.15) is 30.1 Å². The molecule has 8 nitrogen and oxygen atoms in total. The Labute approximate surface area is 183 Å². The molecule has 1 aliphatic rings. The van der Waals surface area contributed by atoms with Crippen molar-refractivity contribution in [2.75, 3.05) is 45.3 Å². The number of amides is 1. The van der Waals surface area contributed by atoms with Crippen molar-refractivity contribution in [3.05, 3.63) is 48.0 Å². The largest absolute Gasteiger partial charge is 0.495 e. The lowest BCUT2D eigenvalue weighted by atomic mass is 10.2. The highest BCUT2D eigenvalue weighted by molar-refractivity contribution is 7.89. The second kappa shape index (κ2) is 10.6. The van der Waals surface area contributed by atoms with Crippen LogP contribution in [0.15, 0.2) is 47.4 Å². The van der Waals surface area contributed by atoms with Crippen LogP contribution in [0.3, 0.4) is 0 Å². The fourth-order valence-electron chi connectivity index (χ4n) is 3.11. The van der Waals surface area contributed by atoms with Crippen LogP contribution in [0, 0.1) is 0 Å². The van der Waals surface area contributed by atoms with Crippen molar-refractivity contribution in [3.63, 3.8) is 0 Å². The molecule has 0 bridgehead atoms. The number of carbonyl (C=O) groups is 1. The fourth-order valence-corrected chi connectivity index (χ4v) is 4.55. The van der Waals surface area contributed by atoms with Gasteiger partial charge >= 0.3 is 0 Å². The maximum absolute atomic E-state index is 12.9. The van der Waals surface area contributed by atoms with Gasteiger partial charge in [0.2, 0.25) is 10.0 Å². The summed E-state index contributed by atoms with van der Waals surface area (Å²) in [5.74, 6) is 0.689. The van der Waals surface area contributed by atoms with Gasteiger partial charge in [-0.15, -0.1) is 0 Å². The normalized spacial score (nSPS) is 14.8. The number of sulfonamides is 1. The summed E-state index contributed by atoms with van der Waals surface area (Å²) in [4.78, 5) is 12.8. The molecule has 0 radical (unpaired) electrons. The molecule has 2 aromatic rings. The molecule has 31 heavy (non-hydrogen) atoms. The molecule has 0 unspecified atom stereocenters. The molecule has 3 rings (SSSR count). The lowest BCUT2D eigenvalue weighted by Gasteiger charge is -2.26. The second-order valence-corrected chi connectivity index (χ2v) is 9.00. The molecular formula is C22H28N2O6S. The number of nitrogens with zero attached hydrogens (tertiary/aromatic N) is 1. The summed E-state index contributed by atoms with van der Waals surface area (Å²) >= 11 is 0. The summed E-state index contributed by atoms with van der Waals surface area (Å²) in [6.07, 6.45) is 2.01. The Kier molecular flexibility index (Phi) is 7.89. The molecule has 2 aromatic carbocycles. The molecule has 1 aliphatic heterocycles. The van der Waals surface area contributed by atoms with Gasteiger partial charge < -0.3 is 19.5 Å². The number of benzene rings is 2. The lowest BCUT2D eigenvalue weighted by molar-refractivity contribution is 0.0730. The molecule has 1 fully saturated rings. The van der Waals surface area contributed by atoms with Gasteiger partial charge in [0.1, 0.15) is 11.5 Å². The monoisotopic (exact) mass is 448 g/mol. The Morgan fingerprint density at radius 1 is 1.13 bits per heavy atom. The molecule has 0 saturated carbocycles. The lowest BCUT2D eigenvalue weighted by Crippen LogP contribution is -2.40. The fraction of sp³-hybridized carbons (Fsp3) is 0.409. The quantitative estimate of drug-likeness (QED) is 0.593. The molecule has 0 atom stereocenters. The number of anilines is 1. The van der Waals surface area contributed by atoms with Crippen molar-refractivity contribution in [1.29, 1.82) is 0 Å².